The molecule has 6 nitrogen and oxygen atoms in total. The Balaban J connectivity index is 2.06. The van der Waals surface area contributed by atoms with Crippen LogP contribution in [0.25, 0.3) is 0 Å². The number of aromatic hydroxyl groups is 2. The van der Waals surface area contributed by atoms with Crippen LogP contribution in [0.4, 0.5) is 0 Å². The fourth-order valence-electron chi connectivity index (χ4n) is 2.65. The molecule has 0 saturated heterocycles. The first-order valence-electron chi connectivity index (χ1n) is 7.02. The van der Waals surface area contributed by atoms with E-state index in [1.165, 1.54) is 32.4 Å². The minimum atomic E-state index is -0.477. The first kappa shape index (κ1) is 15.0. The van der Waals surface area contributed by atoms with Gasteiger partial charge in [-0.25, -0.2) is 0 Å². The number of fused-ring (bicyclic) bond motifs is 1. The van der Waals surface area contributed by atoms with Crippen LogP contribution < -0.4 is 14.2 Å². The molecule has 1 heterocycles. The molecule has 23 heavy (non-hydrogen) atoms. The van der Waals surface area contributed by atoms with E-state index in [1.54, 1.807) is 12.1 Å². The predicted molar refractivity (Wildman–Crippen MR) is 81.6 cm³/mol. The summed E-state index contributed by atoms with van der Waals surface area (Å²) >= 11 is 0. The van der Waals surface area contributed by atoms with Gasteiger partial charge in [0.05, 0.1) is 20.6 Å². The Morgan fingerprint density at radius 2 is 1.83 bits per heavy atom. The summed E-state index contributed by atoms with van der Waals surface area (Å²) in [5.41, 5.74) is 0.980. The fraction of sp³-hybridized carbons (Fsp3) is 0.235. The molecule has 1 aliphatic heterocycles. The molecule has 0 amide bonds. The van der Waals surface area contributed by atoms with Crippen molar-refractivity contribution in [2.45, 2.75) is 12.5 Å². The molecule has 0 spiro atoms. The second-order valence-corrected chi connectivity index (χ2v) is 5.16. The quantitative estimate of drug-likeness (QED) is 0.905. The second-order valence-electron chi connectivity index (χ2n) is 5.16. The minimum absolute atomic E-state index is 0.0495. The minimum Gasteiger partial charge on any atom is -0.508 e. The van der Waals surface area contributed by atoms with E-state index in [-0.39, 0.29) is 40.8 Å². The molecule has 3 rings (SSSR count). The molecule has 0 bridgehead atoms. The molecule has 1 aliphatic rings. The highest BCUT2D eigenvalue weighted by molar-refractivity contribution is 6.03. The predicted octanol–water partition coefficient (Wildman–Crippen LogP) is 2.82. The average molecular weight is 316 g/mol. The highest BCUT2D eigenvalue weighted by Crippen LogP contribution is 2.48. The standard InChI is InChI=1S/C17H16O6/c1-21-14-8-13-15(17(22-2)16(14)20)11(19)7-12(23-13)9-3-5-10(18)6-4-9/h3-6,8,12,18,20H,7H2,1-2H3/t12-/m0/s1. The van der Waals surface area contributed by atoms with Crippen molar-refractivity contribution in [1.82, 2.24) is 0 Å². The van der Waals surface area contributed by atoms with Crippen molar-refractivity contribution in [3.8, 4) is 28.7 Å². The first-order valence-corrected chi connectivity index (χ1v) is 7.02. The molecule has 1 atom stereocenters. The van der Waals surface area contributed by atoms with Crippen LogP contribution in [0.15, 0.2) is 30.3 Å². The molecule has 2 aromatic rings. The van der Waals surface area contributed by atoms with Crippen LogP contribution in [-0.4, -0.2) is 30.2 Å². The Morgan fingerprint density at radius 3 is 2.43 bits per heavy atom. The smallest absolute Gasteiger partial charge is 0.201 e. The monoisotopic (exact) mass is 316 g/mol. The zero-order valence-electron chi connectivity index (χ0n) is 12.7. The highest BCUT2D eigenvalue weighted by Gasteiger charge is 2.33. The number of hydrogen-bond donors (Lipinski definition) is 2. The van der Waals surface area contributed by atoms with E-state index in [4.69, 9.17) is 14.2 Å². The van der Waals surface area contributed by atoms with E-state index in [2.05, 4.69) is 0 Å². The summed E-state index contributed by atoms with van der Waals surface area (Å²) < 4.78 is 16.1. The van der Waals surface area contributed by atoms with Gasteiger partial charge in [0, 0.05) is 6.07 Å². The summed E-state index contributed by atoms with van der Waals surface area (Å²) in [6.45, 7) is 0. The van der Waals surface area contributed by atoms with Crippen LogP contribution in [0.3, 0.4) is 0 Å². The van der Waals surface area contributed by atoms with Gasteiger partial charge in [0.25, 0.3) is 0 Å². The van der Waals surface area contributed by atoms with Crippen LogP contribution in [0, 0.1) is 0 Å². The van der Waals surface area contributed by atoms with Gasteiger partial charge in [-0.05, 0) is 17.7 Å². The maximum Gasteiger partial charge on any atom is 0.201 e. The van der Waals surface area contributed by atoms with Gasteiger partial charge in [-0.15, -0.1) is 0 Å². The summed E-state index contributed by atoms with van der Waals surface area (Å²) in [4.78, 5) is 12.5. The number of Topliss-reactive ketones (excluding diaryl/α,β-unsaturated/α-hetero) is 1. The summed E-state index contributed by atoms with van der Waals surface area (Å²) in [7, 11) is 2.77. The first-order chi connectivity index (χ1) is 11.0. The van der Waals surface area contributed by atoms with E-state index in [9.17, 15) is 15.0 Å². The molecule has 0 saturated carbocycles. The molecule has 0 aliphatic carbocycles. The van der Waals surface area contributed by atoms with Crippen LogP contribution in [0.1, 0.15) is 28.4 Å². The van der Waals surface area contributed by atoms with Crippen molar-refractivity contribution < 1.29 is 29.2 Å². The third-order valence-corrected chi connectivity index (χ3v) is 3.79. The maximum atomic E-state index is 12.5. The van der Waals surface area contributed by atoms with Crippen molar-refractivity contribution in [3.05, 3.63) is 41.5 Å². The largest absolute Gasteiger partial charge is 0.508 e. The van der Waals surface area contributed by atoms with Crippen LogP contribution in [-0.2, 0) is 0 Å². The lowest BCUT2D eigenvalue weighted by Gasteiger charge is -2.27. The van der Waals surface area contributed by atoms with Gasteiger partial charge >= 0.3 is 0 Å². The summed E-state index contributed by atoms with van der Waals surface area (Å²) in [5.74, 6) is 0.233. The van der Waals surface area contributed by atoms with Crippen LogP contribution >= 0.6 is 0 Å². The normalized spacial score (nSPS) is 16.4. The molecule has 120 valence electrons. The number of carbonyl (C=O) groups is 1. The molecule has 2 N–H and O–H groups in total. The van der Waals surface area contributed by atoms with Crippen LogP contribution in [0.2, 0.25) is 0 Å². The Labute approximate surface area is 132 Å². The molecular weight excluding hydrogens is 300 g/mol. The summed E-state index contributed by atoms with van der Waals surface area (Å²) in [6, 6.07) is 7.95. The summed E-state index contributed by atoms with van der Waals surface area (Å²) in [5, 5.41) is 19.5. The third-order valence-electron chi connectivity index (χ3n) is 3.79. The number of benzene rings is 2. The number of methoxy groups -OCH3 is 2. The Kier molecular flexibility index (Phi) is 3.73. The Morgan fingerprint density at radius 1 is 1.13 bits per heavy atom. The Hall–Kier alpha value is -2.89. The summed E-state index contributed by atoms with van der Waals surface area (Å²) in [6.07, 6.45) is -0.366. The lowest BCUT2D eigenvalue weighted by molar-refractivity contribution is 0.0842. The molecule has 2 aromatic carbocycles. The van der Waals surface area contributed by atoms with Gasteiger partial charge in [0.2, 0.25) is 5.75 Å². The van der Waals surface area contributed by atoms with Crippen molar-refractivity contribution in [2.75, 3.05) is 14.2 Å². The molecule has 0 fully saturated rings. The van der Waals surface area contributed by atoms with Gasteiger partial charge in [0.15, 0.2) is 17.3 Å². The van der Waals surface area contributed by atoms with Crippen molar-refractivity contribution >= 4 is 5.78 Å². The van der Waals surface area contributed by atoms with Gasteiger partial charge < -0.3 is 24.4 Å². The van der Waals surface area contributed by atoms with E-state index in [0.29, 0.717) is 5.75 Å². The molecule has 6 heteroatoms. The van der Waals surface area contributed by atoms with E-state index >= 15 is 0 Å². The zero-order chi connectivity index (χ0) is 16.6. The molecule has 0 aromatic heterocycles. The lowest BCUT2D eigenvalue weighted by atomic mass is 9.95. The van der Waals surface area contributed by atoms with Crippen molar-refractivity contribution in [2.24, 2.45) is 0 Å². The van der Waals surface area contributed by atoms with Crippen molar-refractivity contribution in [3.63, 3.8) is 0 Å². The van der Waals surface area contributed by atoms with Gasteiger partial charge in [-0.2, -0.15) is 0 Å². The van der Waals surface area contributed by atoms with E-state index < -0.39 is 6.10 Å². The van der Waals surface area contributed by atoms with Gasteiger partial charge in [-0.3, -0.25) is 4.79 Å². The lowest BCUT2D eigenvalue weighted by Crippen LogP contribution is -2.21. The SMILES string of the molecule is COc1cc2c(c(OC)c1O)C(=O)C[C@@H](c1ccc(O)cc1)O2. The fourth-order valence-corrected chi connectivity index (χ4v) is 2.65. The maximum absolute atomic E-state index is 12.5. The number of carbonyl (C=O) groups excluding carboxylic acids is 1. The van der Waals surface area contributed by atoms with E-state index in [0.717, 1.165) is 5.56 Å². The highest BCUT2D eigenvalue weighted by atomic mass is 16.5. The number of ether oxygens (including phenoxy) is 3. The second kappa shape index (κ2) is 5.72. The molecular formula is C17H16O6. The zero-order valence-corrected chi connectivity index (χ0v) is 12.7. The van der Waals surface area contributed by atoms with Gasteiger partial charge in [0.1, 0.15) is 23.2 Å². The number of phenols is 2. The van der Waals surface area contributed by atoms with Crippen LogP contribution in [0.5, 0.6) is 28.7 Å². The number of phenolic OH excluding ortho intramolecular Hbond substituents is 2. The van der Waals surface area contributed by atoms with Gasteiger partial charge in [-0.1, -0.05) is 12.1 Å². The average Bonchev–Trinajstić information content (AvgIpc) is 2.55. The third kappa shape index (κ3) is 2.52. The van der Waals surface area contributed by atoms with Crippen molar-refractivity contribution in [1.29, 1.82) is 0 Å². The number of ketones is 1. The number of rotatable bonds is 3. The Bertz CT molecular complexity index is 751. The molecule has 0 radical (unpaired) electrons. The molecule has 0 unspecified atom stereocenters. The topological polar surface area (TPSA) is 85.2 Å². The van der Waals surface area contributed by atoms with E-state index in [1.807, 2.05) is 0 Å². The number of hydrogen-bond acceptors (Lipinski definition) is 6.